The minimum absolute atomic E-state index is 0.0499. The number of hydrogen-bond acceptors (Lipinski definition) is 4. The Labute approximate surface area is 115 Å². The SMILES string of the molecule is CS(=O)(=O)c1ccc(F)c(NCc2ccc(Cl)o2)c1. The van der Waals surface area contributed by atoms with Crippen LogP contribution in [-0.2, 0) is 16.4 Å². The van der Waals surface area contributed by atoms with E-state index >= 15 is 0 Å². The molecule has 0 saturated heterocycles. The Balaban J connectivity index is 2.20. The van der Waals surface area contributed by atoms with Gasteiger partial charge in [0.1, 0.15) is 11.6 Å². The Hall–Kier alpha value is -1.53. The first kappa shape index (κ1) is 13.9. The smallest absolute Gasteiger partial charge is 0.193 e. The topological polar surface area (TPSA) is 59.3 Å². The predicted molar refractivity (Wildman–Crippen MR) is 70.6 cm³/mol. The average Bonchev–Trinajstić information content (AvgIpc) is 2.72. The molecule has 0 aliphatic rings. The molecule has 0 bridgehead atoms. The van der Waals surface area contributed by atoms with Gasteiger partial charge in [-0.3, -0.25) is 0 Å². The molecule has 0 aliphatic heterocycles. The predicted octanol–water partition coefficient (Wildman–Crippen LogP) is 3.09. The highest BCUT2D eigenvalue weighted by molar-refractivity contribution is 7.90. The van der Waals surface area contributed by atoms with Gasteiger partial charge in [0.2, 0.25) is 0 Å². The number of halogens is 2. The van der Waals surface area contributed by atoms with Crippen LogP contribution in [0.5, 0.6) is 0 Å². The molecule has 2 aromatic rings. The molecule has 4 nitrogen and oxygen atoms in total. The summed E-state index contributed by atoms with van der Waals surface area (Å²) in [5.41, 5.74) is 0.0930. The quantitative estimate of drug-likeness (QED) is 0.882. The van der Waals surface area contributed by atoms with E-state index in [9.17, 15) is 12.8 Å². The molecule has 2 rings (SSSR count). The van der Waals surface area contributed by atoms with Crippen molar-refractivity contribution >= 4 is 27.1 Å². The maximum absolute atomic E-state index is 13.6. The molecule has 102 valence electrons. The molecular formula is C12H11ClFNO3S. The zero-order valence-electron chi connectivity index (χ0n) is 9.98. The molecule has 1 aromatic carbocycles. The second kappa shape index (κ2) is 5.22. The van der Waals surface area contributed by atoms with Crippen molar-refractivity contribution < 1.29 is 17.2 Å². The standard InChI is InChI=1S/C12H11ClFNO3S/c1-19(16,17)9-3-4-10(14)11(6-9)15-7-8-2-5-12(13)18-8/h2-6,15H,7H2,1H3. The lowest BCUT2D eigenvalue weighted by Crippen LogP contribution is -2.03. The Morgan fingerprint density at radius 3 is 2.63 bits per heavy atom. The van der Waals surface area contributed by atoms with Gasteiger partial charge in [0.05, 0.1) is 17.1 Å². The van der Waals surface area contributed by atoms with Gasteiger partial charge in [-0.2, -0.15) is 0 Å². The van der Waals surface area contributed by atoms with Gasteiger partial charge < -0.3 is 9.73 Å². The Morgan fingerprint density at radius 2 is 2.05 bits per heavy atom. The molecule has 0 radical (unpaired) electrons. The fraction of sp³-hybridized carbons (Fsp3) is 0.167. The van der Waals surface area contributed by atoms with Gasteiger partial charge in [0.25, 0.3) is 0 Å². The van der Waals surface area contributed by atoms with E-state index in [1.54, 1.807) is 12.1 Å². The molecule has 0 fully saturated rings. The lowest BCUT2D eigenvalue weighted by Gasteiger charge is -2.07. The van der Waals surface area contributed by atoms with E-state index in [1.165, 1.54) is 12.1 Å². The van der Waals surface area contributed by atoms with Crippen molar-refractivity contribution in [2.24, 2.45) is 0 Å². The lowest BCUT2D eigenvalue weighted by atomic mass is 10.3. The maximum Gasteiger partial charge on any atom is 0.193 e. The third kappa shape index (κ3) is 3.48. The van der Waals surface area contributed by atoms with E-state index in [4.69, 9.17) is 16.0 Å². The Kier molecular flexibility index (Phi) is 3.82. The lowest BCUT2D eigenvalue weighted by molar-refractivity contribution is 0.519. The van der Waals surface area contributed by atoms with Crippen LogP contribution in [0.25, 0.3) is 0 Å². The zero-order chi connectivity index (χ0) is 14.0. The third-order valence-electron chi connectivity index (χ3n) is 2.45. The molecule has 1 heterocycles. The summed E-state index contributed by atoms with van der Waals surface area (Å²) in [5, 5.41) is 3.00. The van der Waals surface area contributed by atoms with E-state index in [1.807, 2.05) is 0 Å². The van der Waals surface area contributed by atoms with Crippen LogP contribution >= 0.6 is 11.6 Å². The van der Waals surface area contributed by atoms with Gasteiger partial charge in [-0.05, 0) is 41.9 Å². The van der Waals surface area contributed by atoms with Crippen LogP contribution in [-0.4, -0.2) is 14.7 Å². The van der Waals surface area contributed by atoms with Crippen molar-refractivity contribution in [1.29, 1.82) is 0 Å². The first-order valence-corrected chi connectivity index (χ1v) is 7.61. The molecule has 0 amide bonds. The molecule has 19 heavy (non-hydrogen) atoms. The third-order valence-corrected chi connectivity index (χ3v) is 3.76. The minimum atomic E-state index is -3.37. The summed E-state index contributed by atoms with van der Waals surface area (Å²) in [5.74, 6) is -0.0146. The Bertz CT molecular complexity index is 697. The van der Waals surface area contributed by atoms with Gasteiger partial charge in [-0.15, -0.1) is 0 Å². The molecule has 1 aromatic heterocycles. The summed E-state index contributed by atoms with van der Waals surface area (Å²) in [4.78, 5) is 0.0499. The van der Waals surface area contributed by atoms with E-state index in [2.05, 4.69) is 5.32 Å². The molecule has 0 aliphatic carbocycles. The second-order valence-corrected chi connectivity index (χ2v) is 6.36. The monoisotopic (exact) mass is 303 g/mol. The average molecular weight is 304 g/mol. The van der Waals surface area contributed by atoms with Gasteiger partial charge in [0.15, 0.2) is 15.1 Å². The van der Waals surface area contributed by atoms with Crippen LogP contribution < -0.4 is 5.32 Å². The first-order valence-electron chi connectivity index (χ1n) is 5.34. The van der Waals surface area contributed by atoms with Gasteiger partial charge >= 0.3 is 0 Å². The van der Waals surface area contributed by atoms with Crippen LogP contribution in [0.2, 0.25) is 5.22 Å². The van der Waals surface area contributed by atoms with Crippen LogP contribution in [0.1, 0.15) is 5.76 Å². The molecule has 7 heteroatoms. The zero-order valence-corrected chi connectivity index (χ0v) is 11.6. The highest BCUT2D eigenvalue weighted by atomic mass is 35.5. The summed E-state index contributed by atoms with van der Waals surface area (Å²) in [6.07, 6.45) is 1.07. The highest BCUT2D eigenvalue weighted by Crippen LogP contribution is 2.21. The van der Waals surface area contributed by atoms with Crippen molar-refractivity contribution in [2.75, 3.05) is 11.6 Å². The minimum Gasteiger partial charge on any atom is -0.448 e. The molecule has 0 atom stereocenters. The van der Waals surface area contributed by atoms with Crippen LogP contribution in [0.4, 0.5) is 10.1 Å². The second-order valence-electron chi connectivity index (χ2n) is 3.97. The van der Waals surface area contributed by atoms with E-state index in [-0.39, 0.29) is 22.3 Å². The largest absolute Gasteiger partial charge is 0.448 e. The fourth-order valence-corrected chi connectivity index (χ4v) is 2.31. The first-order chi connectivity index (χ1) is 8.86. The fourth-order valence-electron chi connectivity index (χ4n) is 1.50. The van der Waals surface area contributed by atoms with Crippen molar-refractivity contribution in [2.45, 2.75) is 11.4 Å². The summed E-state index contributed by atoms with van der Waals surface area (Å²) in [6.45, 7) is 0.205. The molecular weight excluding hydrogens is 293 g/mol. The highest BCUT2D eigenvalue weighted by Gasteiger charge is 2.11. The van der Waals surface area contributed by atoms with Crippen molar-refractivity contribution in [3.8, 4) is 0 Å². The van der Waals surface area contributed by atoms with Gasteiger partial charge in [-0.25, -0.2) is 12.8 Å². The summed E-state index contributed by atoms with van der Waals surface area (Å²) in [6, 6.07) is 6.79. The number of anilines is 1. The van der Waals surface area contributed by atoms with Crippen LogP contribution in [0.3, 0.4) is 0 Å². The van der Waals surface area contributed by atoms with Crippen molar-refractivity contribution in [1.82, 2.24) is 0 Å². The maximum atomic E-state index is 13.6. The molecule has 0 saturated carbocycles. The Morgan fingerprint density at radius 1 is 1.32 bits per heavy atom. The van der Waals surface area contributed by atoms with Gasteiger partial charge in [0, 0.05) is 6.26 Å². The normalized spacial score (nSPS) is 11.5. The number of rotatable bonds is 4. The summed E-state index contributed by atoms with van der Waals surface area (Å²) >= 11 is 5.61. The summed E-state index contributed by atoms with van der Waals surface area (Å²) < 4.78 is 41.4. The number of hydrogen-bond donors (Lipinski definition) is 1. The summed E-state index contributed by atoms with van der Waals surface area (Å²) in [7, 11) is -3.37. The van der Waals surface area contributed by atoms with Crippen LogP contribution in [0.15, 0.2) is 39.6 Å². The molecule has 0 spiro atoms. The van der Waals surface area contributed by atoms with E-state index in [0.717, 1.165) is 12.3 Å². The number of benzene rings is 1. The van der Waals surface area contributed by atoms with Crippen molar-refractivity contribution in [3.05, 3.63) is 47.1 Å². The van der Waals surface area contributed by atoms with E-state index in [0.29, 0.717) is 5.76 Å². The number of sulfone groups is 1. The number of furan rings is 1. The molecule has 0 unspecified atom stereocenters. The van der Waals surface area contributed by atoms with Gasteiger partial charge in [-0.1, -0.05) is 0 Å². The van der Waals surface area contributed by atoms with Crippen LogP contribution in [0, 0.1) is 5.82 Å². The van der Waals surface area contributed by atoms with Crippen molar-refractivity contribution in [3.63, 3.8) is 0 Å². The number of nitrogens with one attached hydrogen (secondary N) is 1. The van der Waals surface area contributed by atoms with E-state index < -0.39 is 15.7 Å². The molecule has 1 N–H and O–H groups in total.